The van der Waals surface area contributed by atoms with Crippen LogP contribution in [0.25, 0.3) is 0 Å². The minimum absolute atomic E-state index is 0.329. The molecular weight excluding hydrogens is 312 g/mol. The van der Waals surface area contributed by atoms with Gasteiger partial charge in [0, 0.05) is 44.8 Å². The first-order chi connectivity index (χ1) is 10.5. The van der Waals surface area contributed by atoms with E-state index in [4.69, 9.17) is 0 Å². The molecule has 1 aromatic carbocycles. The summed E-state index contributed by atoms with van der Waals surface area (Å²) in [6, 6.07) is 3.02. The van der Waals surface area contributed by atoms with Crippen molar-refractivity contribution < 1.29 is 17.2 Å². The molecule has 2 aliphatic rings. The molecule has 0 aliphatic carbocycles. The third-order valence-corrected chi connectivity index (χ3v) is 6.27. The van der Waals surface area contributed by atoms with Crippen molar-refractivity contribution >= 4 is 10.0 Å². The van der Waals surface area contributed by atoms with E-state index in [1.807, 2.05) is 0 Å². The van der Waals surface area contributed by atoms with Crippen molar-refractivity contribution in [3.8, 4) is 0 Å². The normalized spacial score (nSPS) is 24.7. The quantitative estimate of drug-likeness (QED) is 0.883. The summed E-state index contributed by atoms with van der Waals surface area (Å²) in [7, 11) is -3.91. The minimum atomic E-state index is -3.91. The summed E-state index contributed by atoms with van der Waals surface area (Å²) in [6.07, 6.45) is 1.07. The van der Waals surface area contributed by atoms with Crippen LogP contribution in [0.1, 0.15) is 6.42 Å². The molecule has 1 N–H and O–H groups in total. The zero-order valence-electron chi connectivity index (χ0n) is 12.1. The van der Waals surface area contributed by atoms with E-state index in [2.05, 4.69) is 10.2 Å². The zero-order chi connectivity index (χ0) is 15.7. The van der Waals surface area contributed by atoms with Crippen LogP contribution in [0.4, 0.5) is 8.78 Å². The number of sulfonamides is 1. The highest BCUT2D eigenvalue weighted by molar-refractivity contribution is 7.89. The molecule has 0 amide bonds. The van der Waals surface area contributed by atoms with Crippen LogP contribution in [-0.4, -0.2) is 62.9 Å². The molecule has 1 atom stereocenters. The van der Waals surface area contributed by atoms with Gasteiger partial charge in [0.1, 0.15) is 16.5 Å². The highest BCUT2D eigenvalue weighted by Gasteiger charge is 2.33. The number of halogens is 2. The van der Waals surface area contributed by atoms with Crippen molar-refractivity contribution in [3.63, 3.8) is 0 Å². The highest BCUT2D eigenvalue weighted by Crippen LogP contribution is 2.22. The Labute approximate surface area is 129 Å². The lowest BCUT2D eigenvalue weighted by molar-refractivity contribution is 0.145. The Morgan fingerprint density at radius 2 is 1.86 bits per heavy atom. The van der Waals surface area contributed by atoms with Crippen molar-refractivity contribution in [2.75, 3.05) is 39.3 Å². The van der Waals surface area contributed by atoms with Crippen LogP contribution in [0.15, 0.2) is 23.1 Å². The summed E-state index contributed by atoms with van der Waals surface area (Å²) in [6.45, 7) is 3.84. The summed E-state index contributed by atoms with van der Waals surface area (Å²) >= 11 is 0. The van der Waals surface area contributed by atoms with E-state index >= 15 is 0 Å². The van der Waals surface area contributed by atoms with E-state index in [0.717, 1.165) is 31.6 Å². The molecule has 22 heavy (non-hydrogen) atoms. The molecule has 0 saturated carbocycles. The fourth-order valence-corrected chi connectivity index (χ4v) is 4.55. The number of nitrogens with one attached hydrogen (secondary N) is 1. The molecule has 2 heterocycles. The number of nitrogens with zero attached hydrogens (tertiary/aromatic N) is 2. The first-order valence-corrected chi connectivity index (χ1v) is 8.82. The molecule has 8 heteroatoms. The van der Waals surface area contributed by atoms with Crippen LogP contribution in [-0.2, 0) is 10.0 Å². The highest BCUT2D eigenvalue weighted by atomic mass is 32.2. The largest absolute Gasteiger partial charge is 0.315 e. The Kier molecular flexibility index (Phi) is 4.44. The van der Waals surface area contributed by atoms with Crippen molar-refractivity contribution in [3.05, 3.63) is 29.8 Å². The molecule has 0 aromatic heterocycles. The van der Waals surface area contributed by atoms with Gasteiger partial charge in [-0.25, -0.2) is 17.2 Å². The predicted octanol–water partition coefficient (Wildman–Crippen LogP) is 0.633. The number of piperazine rings is 1. The Balaban J connectivity index is 1.71. The number of rotatable bonds is 3. The van der Waals surface area contributed by atoms with Crippen molar-refractivity contribution in [2.24, 2.45) is 0 Å². The van der Waals surface area contributed by atoms with Gasteiger partial charge in [-0.3, -0.25) is 4.90 Å². The number of hydrogen-bond donors (Lipinski definition) is 1. The van der Waals surface area contributed by atoms with Gasteiger partial charge in [-0.15, -0.1) is 0 Å². The molecule has 0 spiro atoms. The lowest BCUT2D eigenvalue weighted by Gasteiger charge is -2.37. The molecule has 2 fully saturated rings. The monoisotopic (exact) mass is 331 g/mol. The van der Waals surface area contributed by atoms with E-state index in [-0.39, 0.29) is 0 Å². The van der Waals surface area contributed by atoms with Crippen molar-refractivity contribution in [1.82, 2.24) is 14.5 Å². The van der Waals surface area contributed by atoms with Crippen molar-refractivity contribution in [2.45, 2.75) is 17.4 Å². The minimum Gasteiger partial charge on any atom is -0.315 e. The molecule has 122 valence electrons. The molecule has 2 saturated heterocycles. The van der Waals surface area contributed by atoms with E-state index in [9.17, 15) is 17.2 Å². The number of benzene rings is 1. The first kappa shape index (κ1) is 15.8. The van der Waals surface area contributed by atoms with Gasteiger partial charge in [0.15, 0.2) is 0 Å². The smallest absolute Gasteiger partial charge is 0.246 e. The Hall–Kier alpha value is -1.09. The molecule has 2 aliphatic heterocycles. The Morgan fingerprint density at radius 1 is 1.14 bits per heavy atom. The maximum Gasteiger partial charge on any atom is 0.246 e. The lowest BCUT2D eigenvalue weighted by atomic mass is 10.2. The molecule has 0 bridgehead atoms. The lowest BCUT2D eigenvalue weighted by Crippen LogP contribution is -2.52. The summed E-state index contributed by atoms with van der Waals surface area (Å²) in [5.74, 6) is -1.82. The van der Waals surface area contributed by atoms with E-state index in [1.54, 1.807) is 0 Å². The Bertz CT molecular complexity index is 639. The van der Waals surface area contributed by atoms with Gasteiger partial charge < -0.3 is 5.32 Å². The molecule has 5 nitrogen and oxygen atoms in total. The van der Waals surface area contributed by atoms with Gasteiger partial charge in [-0.2, -0.15) is 4.31 Å². The van der Waals surface area contributed by atoms with Gasteiger partial charge in [0.25, 0.3) is 0 Å². The SMILES string of the molecule is O=S(=O)(c1ccc(F)cc1F)N1CCN(C2CCNC2)CC1. The standard InChI is InChI=1S/C14H19F2N3O2S/c15-11-1-2-14(13(16)9-11)22(20,21)19-7-5-18(6-8-19)12-3-4-17-10-12/h1-2,9,12,17H,3-8,10H2. The average Bonchev–Trinajstić information content (AvgIpc) is 3.01. The second-order valence-electron chi connectivity index (χ2n) is 5.66. The molecule has 1 unspecified atom stereocenters. The topological polar surface area (TPSA) is 52.7 Å². The maximum atomic E-state index is 13.8. The predicted molar refractivity (Wildman–Crippen MR) is 78.0 cm³/mol. The first-order valence-electron chi connectivity index (χ1n) is 7.38. The van der Waals surface area contributed by atoms with Crippen LogP contribution in [0, 0.1) is 11.6 Å². The van der Waals surface area contributed by atoms with Crippen LogP contribution in [0.5, 0.6) is 0 Å². The van der Waals surface area contributed by atoms with Crippen LogP contribution in [0.3, 0.4) is 0 Å². The van der Waals surface area contributed by atoms with Crippen LogP contribution < -0.4 is 5.32 Å². The van der Waals surface area contributed by atoms with Gasteiger partial charge in [-0.05, 0) is 25.1 Å². The third-order valence-electron chi connectivity index (χ3n) is 4.34. The Morgan fingerprint density at radius 3 is 2.45 bits per heavy atom. The summed E-state index contributed by atoms with van der Waals surface area (Å²) in [4.78, 5) is 1.82. The van der Waals surface area contributed by atoms with Gasteiger partial charge in [0.2, 0.25) is 10.0 Å². The average molecular weight is 331 g/mol. The zero-order valence-corrected chi connectivity index (χ0v) is 13.0. The fraction of sp³-hybridized carbons (Fsp3) is 0.571. The fourth-order valence-electron chi connectivity index (χ4n) is 3.08. The van der Waals surface area contributed by atoms with Crippen LogP contribution in [0.2, 0.25) is 0 Å². The van der Waals surface area contributed by atoms with E-state index < -0.39 is 26.6 Å². The van der Waals surface area contributed by atoms with Gasteiger partial charge in [0.05, 0.1) is 0 Å². The summed E-state index contributed by atoms with van der Waals surface area (Å²) in [5, 5.41) is 3.29. The molecule has 1 aromatic rings. The van der Waals surface area contributed by atoms with Crippen LogP contribution >= 0.6 is 0 Å². The summed E-state index contributed by atoms with van der Waals surface area (Å²) < 4.78 is 52.9. The van der Waals surface area contributed by atoms with Gasteiger partial charge in [-0.1, -0.05) is 0 Å². The van der Waals surface area contributed by atoms with E-state index in [0.29, 0.717) is 38.3 Å². The maximum absolute atomic E-state index is 13.8. The molecule has 3 rings (SSSR count). The summed E-state index contributed by atoms with van der Waals surface area (Å²) in [5.41, 5.74) is 0. The number of hydrogen-bond acceptors (Lipinski definition) is 4. The molecular formula is C14H19F2N3O2S. The van der Waals surface area contributed by atoms with Gasteiger partial charge >= 0.3 is 0 Å². The van der Waals surface area contributed by atoms with E-state index in [1.165, 1.54) is 4.31 Å². The second kappa shape index (κ2) is 6.19. The molecule has 0 radical (unpaired) electrons. The third kappa shape index (κ3) is 3.01. The second-order valence-corrected chi connectivity index (χ2v) is 7.57. The van der Waals surface area contributed by atoms with Crippen molar-refractivity contribution in [1.29, 1.82) is 0 Å².